The van der Waals surface area contributed by atoms with Crippen LogP contribution in [0.1, 0.15) is 47.5 Å². The minimum Gasteiger partial charge on any atom is -0.450 e. The standard InChI is InChI=1S/C20H39N5O3.HI/c1-7-27-19(26)24-10-8-17(9-11-24)23-18(21-6)22-14-20(4,5)25-12-15(2)28-16(3)13-25;/h15-17H,7-14H2,1-6H3,(H2,21,22,23);1H. The van der Waals surface area contributed by atoms with Gasteiger partial charge >= 0.3 is 6.09 Å². The third-order valence-corrected chi connectivity index (χ3v) is 5.55. The molecule has 0 aromatic rings. The van der Waals surface area contributed by atoms with Gasteiger partial charge in [0.25, 0.3) is 0 Å². The van der Waals surface area contributed by atoms with E-state index in [1.54, 1.807) is 11.9 Å². The monoisotopic (exact) mass is 525 g/mol. The summed E-state index contributed by atoms with van der Waals surface area (Å²) < 4.78 is 10.9. The molecule has 0 spiro atoms. The second-order valence-corrected chi connectivity index (χ2v) is 8.51. The molecule has 2 aliphatic rings. The van der Waals surface area contributed by atoms with Gasteiger partial charge in [0.1, 0.15) is 0 Å². The van der Waals surface area contributed by atoms with E-state index in [1.807, 2.05) is 6.92 Å². The lowest BCUT2D eigenvalue weighted by Gasteiger charge is -2.45. The quantitative estimate of drug-likeness (QED) is 0.326. The summed E-state index contributed by atoms with van der Waals surface area (Å²) in [5.74, 6) is 0.817. The molecule has 2 unspecified atom stereocenters. The number of guanidine groups is 1. The first-order valence-electron chi connectivity index (χ1n) is 10.5. The Morgan fingerprint density at radius 1 is 1.21 bits per heavy atom. The van der Waals surface area contributed by atoms with Gasteiger partial charge in [0.2, 0.25) is 0 Å². The van der Waals surface area contributed by atoms with E-state index in [9.17, 15) is 4.79 Å². The van der Waals surface area contributed by atoms with Gasteiger partial charge in [-0.1, -0.05) is 0 Å². The number of nitrogens with one attached hydrogen (secondary N) is 2. The van der Waals surface area contributed by atoms with Crippen molar-refractivity contribution in [2.24, 2.45) is 4.99 Å². The molecule has 2 rings (SSSR count). The van der Waals surface area contributed by atoms with Crippen molar-refractivity contribution >= 4 is 36.0 Å². The molecular weight excluding hydrogens is 485 g/mol. The molecule has 2 saturated heterocycles. The number of hydrogen-bond donors (Lipinski definition) is 2. The largest absolute Gasteiger partial charge is 0.450 e. The Morgan fingerprint density at radius 2 is 1.79 bits per heavy atom. The average molecular weight is 525 g/mol. The number of nitrogens with zero attached hydrogens (tertiary/aromatic N) is 3. The second kappa shape index (κ2) is 12.1. The molecule has 0 bridgehead atoms. The van der Waals surface area contributed by atoms with Crippen LogP contribution in [0.4, 0.5) is 4.79 Å². The van der Waals surface area contributed by atoms with E-state index in [-0.39, 0.29) is 47.8 Å². The zero-order valence-electron chi connectivity index (χ0n) is 18.9. The molecule has 2 aliphatic heterocycles. The van der Waals surface area contributed by atoms with Gasteiger partial charge in [-0.25, -0.2) is 4.79 Å². The maximum Gasteiger partial charge on any atom is 0.409 e. The fourth-order valence-corrected chi connectivity index (χ4v) is 3.89. The lowest BCUT2D eigenvalue weighted by Crippen LogP contribution is -2.60. The highest BCUT2D eigenvalue weighted by Crippen LogP contribution is 2.20. The van der Waals surface area contributed by atoms with E-state index in [0.717, 1.165) is 38.4 Å². The highest BCUT2D eigenvalue weighted by atomic mass is 127. The Bertz CT molecular complexity index is 528. The molecule has 0 aliphatic carbocycles. The molecule has 8 nitrogen and oxygen atoms in total. The number of morpholine rings is 1. The van der Waals surface area contributed by atoms with Crippen molar-refractivity contribution in [1.82, 2.24) is 20.4 Å². The topological polar surface area (TPSA) is 78.4 Å². The summed E-state index contributed by atoms with van der Waals surface area (Å²) in [6.45, 7) is 15.1. The molecule has 0 saturated carbocycles. The predicted molar refractivity (Wildman–Crippen MR) is 127 cm³/mol. The Kier molecular flexibility index (Phi) is 11.0. The van der Waals surface area contributed by atoms with Crippen molar-refractivity contribution in [1.29, 1.82) is 0 Å². The van der Waals surface area contributed by atoms with Gasteiger partial charge in [0, 0.05) is 51.4 Å². The number of carbonyl (C=O) groups is 1. The Labute approximate surface area is 193 Å². The summed E-state index contributed by atoms with van der Waals surface area (Å²) in [7, 11) is 1.80. The summed E-state index contributed by atoms with van der Waals surface area (Å²) in [6, 6.07) is 0.309. The molecule has 2 N–H and O–H groups in total. The van der Waals surface area contributed by atoms with Crippen LogP contribution in [-0.4, -0.2) is 92.0 Å². The van der Waals surface area contributed by atoms with Crippen LogP contribution in [-0.2, 0) is 9.47 Å². The number of amides is 1. The van der Waals surface area contributed by atoms with E-state index < -0.39 is 0 Å². The molecule has 0 aromatic heterocycles. The van der Waals surface area contributed by atoms with Crippen molar-refractivity contribution in [2.45, 2.75) is 71.2 Å². The summed E-state index contributed by atoms with van der Waals surface area (Å²) in [4.78, 5) is 20.5. The molecule has 1 amide bonds. The van der Waals surface area contributed by atoms with Gasteiger partial charge < -0.3 is 25.0 Å². The number of aliphatic imine (C=N–C) groups is 1. The van der Waals surface area contributed by atoms with Crippen molar-refractivity contribution < 1.29 is 14.3 Å². The van der Waals surface area contributed by atoms with E-state index >= 15 is 0 Å². The van der Waals surface area contributed by atoms with Gasteiger partial charge in [0.15, 0.2) is 5.96 Å². The molecule has 2 fully saturated rings. The zero-order valence-corrected chi connectivity index (χ0v) is 21.2. The average Bonchev–Trinajstić information content (AvgIpc) is 2.65. The van der Waals surface area contributed by atoms with Crippen LogP contribution < -0.4 is 10.6 Å². The molecule has 9 heteroatoms. The second-order valence-electron chi connectivity index (χ2n) is 8.51. The third kappa shape index (κ3) is 8.09. The first kappa shape index (κ1) is 26.2. The minimum atomic E-state index is -0.209. The molecule has 2 heterocycles. The van der Waals surface area contributed by atoms with Gasteiger partial charge in [-0.3, -0.25) is 9.89 Å². The summed E-state index contributed by atoms with van der Waals surface area (Å²) in [6.07, 6.45) is 2.08. The van der Waals surface area contributed by atoms with Crippen LogP contribution in [0.15, 0.2) is 4.99 Å². The smallest absolute Gasteiger partial charge is 0.409 e. The van der Waals surface area contributed by atoms with Gasteiger partial charge in [0.05, 0.1) is 18.8 Å². The Hall–Kier alpha value is -0.810. The lowest BCUT2D eigenvalue weighted by atomic mass is 10.00. The number of hydrogen-bond acceptors (Lipinski definition) is 5. The zero-order chi connectivity index (χ0) is 20.7. The van der Waals surface area contributed by atoms with E-state index in [1.165, 1.54) is 0 Å². The number of halogens is 1. The summed E-state index contributed by atoms with van der Waals surface area (Å²) in [5.41, 5.74) is -0.00278. The first-order chi connectivity index (χ1) is 13.2. The van der Waals surface area contributed by atoms with Crippen LogP contribution >= 0.6 is 24.0 Å². The SMILES string of the molecule is CCOC(=O)N1CCC(NC(=NC)NCC(C)(C)N2CC(C)OC(C)C2)CC1.I. The molecule has 2 atom stereocenters. The fraction of sp³-hybridized carbons (Fsp3) is 0.900. The van der Waals surface area contributed by atoms with E-state index in [2.05, 4.69) is 48.2 Å². The maximum absolute atomic E-state index is 11.8. The van der Waals surface area contributed by atoms with Crippen molar-refractivity contribution in [3.05, 3.63) is 0 Å². The predicted octanol–water partition coefficient (Wildman–Crippen LogP) is 2.28. The van der Waals surface area contributed by atoms with Gasteiger partial charge in [-0.2, -0.15) is 0 Å². The van der Waals surface area contributed by atoms with Crippen LogP contribution in [0.2, 0.25) is 0 Å². The normalized spacial score (nSPS) is 24.6. The number of rotatable bonds is 5. The maximum atomic E-state index is 11.8. The fourth-order valence-electron chi connectivity index (χ4n) is 3.89. The van der Waals surface area contributed by atoms with Crippen LogP contribution in [0.5, 0.6) is 0 Å². The lowest BCUT2D eigenvalue weighted by molar-refractivity contribution is -0.0946. The molecule has 170 valence electrons. The first-order valence-corrected chi connectivity index (χ1v) is 10.5. The van der Waals surface area contributed by atoms with Crippen molar-refractivity contribution in [3.8, 4) is 0 Å². The van der Waals surface area contributed by atoms with Crippen LogP contribution in [0.3, 0.4) is 0 Å². The number of likely N-dealkylation sites (tertiary alicyclic amines) is 1. The van der Waals surface area contributed by atoms with E-state index in [0.29, 0.717) is 25.7 Å². The summed E-state index contributed by atoms with van der Waals surface area (Å²) in [5, 5.41) is 7.00. The molecule has 0 aromatic carbocycles. The van der Waals surface area contributed by atoms with Gasteiger partial charge in [-0.05, 0) is 47.5 Å². The van der Waals surface area contributed by atoms with Crippen molar-refractivity contribution in [2.75, 3.05) is 46.4 Å². The molecule has 0 radical (unpaired) electrons. The number of carbonyl (C=O) groups excluding carboxylic acids is 1. The minimum absolute atomic E-state index is 0. The van der Waals surface area contributed by atoms with Gasteiger partial charge in [-0.15, -0.1) is 24.0 Å². The molecular formula is C20H40IN5O3. The third-order valence-electron chi connectivity index (χ3n) is 5.55. The Balaban J connectivity index is 0.00000420. The highest BCUT2D eigenvalue weighted by molar-refractivity contribution is 14.0. The van der Waals surface area contributed by atoms with Crippen molar-refractivity contribution in [3.63, 3.8) is 0 Å². The van der Waals surface area contributed by atoms with Crippen LogP contribution in [0.25, 0.3) is 0 Å². The molecule has 29 heavy (non-hydrogen) atoms. The number of ether oxygens (including phenoxy) is 2. The van der Waals surface area contributed by atoms with E-state index in [4.69, 9.17) is 9.47 Å². The Morgan fingerprint density at radius 3 is 2.31 bits per heavy atom. The number of piperidine rings is 1. The highest BCUT2D eigenvalue weighted by Gasteiger charge is 2.33. The van der Waals surface area contributed by atoms with Crippen LogP contribution in [0, 0.1) is 0 Å². The summed E-state index contributed by atoms with van der Waals surface area (Å²) >= 11 is 0.